The summed E-state index contributed by atoms with van der Waals surface area (Å²) < 4.78 is 43.2. The molecule has 0 saturated carbocycles. The van der Waals surface area contributed by atoms with Gasteiger partial charge in [0.05, 0.1) is 47.2 Å². The smallest absolute Gasteiger partial charge is 0.338 e. The number of hydrogen-bond acceptors (Lipinski definition) is 8. The summed E-state index contributed by atoms with van der Waals surface area (Å²) in [6.07, 6.45) is 1.43. The van der Waals surface area contributed by atoms with E-state index < -0.39 is 40.6 Å². The number of ether oxygens (including phenoxy) is 2. The molecule has 182 valence electrons. The fraction of sp³-hybridized carbons (Fsp3) is 0.318. The van der Waals surface area contributed by atoms with E-state index in [1.807, 2.05) is 0 Å². The highest BCUT2D eigenvalue weighted by Gasteiger charge is 2.30. The van der Waals surface area contributed by atoms with Crippen molar-refractivity contribution in [2.24, 2.45) is 0 Å². The van der Waals surface area contributed by atoms with Crippen LogP contribution in [0.25, 0.3) is 0 Å². The molecule has 2 amide bonds. The normalized spacial score (nSPS) is 16.0. The fourth-order valence-corrected chi connectivity index (χ4v) is 4.28. The molecule has 0 bridgehead atoms. The first-order chi connectivity index (χ1) is 16.1. The summed E-state index contributed by atoms with van der Waals surface area (Å²) >= 11 is 0. The third-order valence-corrected chi connectivity index (χ3v) is 6.37. The second kappa shape index (κ2) is 10.5. The average molecular weight is 492 g/mol. The van der Waals surface area contributed by atoms with Crippen molar-refractivity contribution in [1.29, 1.82) is 0 Å². The highest BCUT2D eigenvalue weighted by molar-refractivity contribution is 7.89. The lowest BCUT2D eigenvalue weighted by Gasteiger charge is -2.26. The third kappa shape index (κ3) is 5.83. The Kier molecular flexibility index (Phi) is 7.74. The number of aryl methyl sites for hydroxylation is 1. The lowest BCUT2D eigenvalue weighted by atomic mass is 10.0. The Morgan fingerprint density at radius 3 is 2.62 bits per heavy atom. The lowest BCUT2D eigenvalue weighted by molar-refractivity contribution is -0.139. The van der Waals surface area contributed by atoms with E-state index in [0.717, 1.165) is 0 Å². The Balaban J connectivity index is 1.78. The van der Waals surface area contributed by atoms with Crippen LogP contribution in [0.1, 0.15) is 35.5 Å². The van der Waals surface area contributed by atoms with Gasteiger partial charge in [-0.2, -0.15) is 0 Å². The third-order valence-electron chi connectivity index (χ3n) is 4.97. The number of benzene rings is 1. The van der Waals surface area contributed by atoms with Crippen molar-refractivity contribution in [2.75, 3.05) is 13.2 Å². The number of sulfonamides is 1. The number of rotatable bonds is 9. The van der Waals surface area contributed by atoms with Crippen LogP contribution in [0.3, 0.4) is 0 Å². The minimum Gasteiger partial charge on any atom is -0.468 e. The van der Waals surface area contributed by atoms with Gasteiger partial charge in [0.15, 0.2) is 0 Å². The molecular formula is C22H25N3O8S. The maximum Gasteiger partial charge on any atom is 0.338 e. The van der Waals surface area contributed by atoms with Gasteiger partial charge in [0.1, 0.15) is 12.4 Å². The second-order valence-electron chi connectivity index (χ2n) is 7.39. The highest BCUT2D eigenvalue weighted by Crippen LogP contribution is 2.19. The van der Waals surface area contributed by atoms with Crippen molar-refractivity contribution in [2.45, 2.75) is 38.3 Å². The van der Waals surface area contributed by atoms with Crippen molar-refractivity contribution in [1.82, 2.24) is 15.4 Å². The first-order valence-corrected chi connectivity index (χ1v) is 11.9. The van der Waals surface area contributed by atoms with Gasteiger partial charge in [-0.05, 0) is 50.6 Å². The Morgan fingerprint density at radius 2 is 1.94 bits per heavy atom. The quantitative estimate of drug-likeness (QED) is 0.449. The zero-order valence-corrected chi connectivity index (χ0v) is 19.7. The zero-order chi connectivity index (χ0) is 24.9. The molecule has 0 spiro atoms. The van der Waals surface area contributed by atoms with Gasteiger partial charge >= 0.3 is 18.0 Å². The predicted molar refractivity (Wildman–Crippen MR) is 119 cm³/mol. The molecule has 1 aliphatic heterocycles. The van der Waals surface area contributed by atoms with Crippen LogP contribution in [-0.4, -0.2) is 45.6 Å². The van der Waals surface area contributed by atoms with Gasteiger partial charge < -0.3 is 24.5 Å². The molecule has 0 fully saturated rings. The predicted octanol–water partition coefficient (Wildman–Crippen LogP) is 1.74. The summed E-state index contributed by atoms with van der Waals surface area (Å²) in [4.78, 5) is 36.8. The summed E-state index contributed by atoms with van der Waals surface area (Å²) in [7, 11) is -3.94. The number of amides is 2. The van der Waals surface area contributed by atoms with E-state index in [2.05, 4.69) is 15.4 Å². The molecule has 34 heavy (non-hydrogen) atoms. The van der Waals surface area contributed by atoms with Crippen molar-refractivity contribution in [3.63, 3.8) is 0 Å². The van der Waals surface area contributed by atoms with Gasteiger partial charge in [0, 0.05) is 0 Å². The molecule has 3 rings (SSSR count). The topological polar surface area (TPSA) is 153 Å². The average Bonchev–Trinajstić information content (AvgIpc) is 3.30. The van der Waals surface area contributed by atoms with Crippen molar-refractivity contribution < 1.29 is 36.7 Å². The van der Waals surface area contributed by atoms with Gasteiger partial charge in [-0.1, -0.05) is 6.07 Å². The molecule has 1 aliphatic rings. The van der Waals surface area contributed by atoms with Gasteiger partial charge in [-0.25, -0.2) is 27.5 Å². The molecule has 1 unspecified atom stereocenters. The van der Waals surface area contributed by atoms with E-state index in [1.54, 1.807) is 32.9 Å². The standard InChI is InChI=1S/C22H25N3O8S/c1-4-31-21(27)19-14(3)24-22(28)25-18(19)12-33-20(26)17-10-16(8-7-13(17)2)34(29,30)23-11-15-6-5-9-32-15/h5-10,14,23H,4,11-12H2,1-3H3,(H2,24,25,28). The van der Waals surface area contributed by atoms with Crippen LogP contribution < -0.4 is 15.4 Å². The summed E-state index contributed by atoms with van der Waals surface area (Å²) in [5.74, 6) is -1.04. The van der Waals surface area contributed by atoms with Gasteiger partial charge in [-0.15, -0.1) is 0 Å². The Labute approximate surface area is 196 Å². The Morgan fingerprint density at radius 1 is 1.18 bits per heavy atom. The Bertz CT molecular complexity index is 1220. The molecule has 0 aliphatic carbocycles. The second-order valence-corrected chi connectivity index (χ2v) is 9.16. The molecular weight excluding hydrogens is 466 g/mol. The summed E-state index contributed by atoms with van der Waals surface area (Å²) in [6.45, 7) is 4.52. The largest absolute Gasteiger partial charge is 0.468 e. The van der Waals surface area contributed by atoms with E-state index in [1.165, 1.54) is 24.5 Å². The first-order valence-electron chi connectivity index (χ1n) is 10.4. The van der Waals surface area contributed by atoms with Crippen LogP contribution in [0.5, 0.6) is 0 Å². The first kappa shape index (κ1) is 25.0. The molecule has 11 nitrogen and oxygen atoms in total. The van der Waals surface area contributed by atoms with Crippen LogP contribution in [0.4, 0.5) is 4.79 Å². The molecule has 1 aromatic heterocycles. The van der Waals surface area contributed by atoms with Crippen LogP contribution in [0.2, 0.25) is 0 Å². The number of furan rings is 1. The zero-order valence-electron chi connectivity index (χ0n) is 18.8. The molecule has 3 N–H and O–H groups in total. The number of hydrogen-bond donors (Lipinski definition) is 3. The monoisotopic (exact) mass is 491 g/mol. The number of nitrogens with one attached hydrogen (secondary N) is 3. The molecule has 1 atom stereocenters. The highest BCUT2D eigenvalue weighted by atomic mass is 32.2. The maximum atomic E-state index is 12.8. The van der Waals surface area contributed by atoms with E-state index in [9.17, 15) is 22.8 Å². The lowest BCUT2D eigenvalue weighted by Crippen LogP contribution is -2.50. The number of carbonyl (C=O) groups excluding carboxylic acids is 3. The molecule has 0 saturated heterocycles. The Hall–Kier alpha value is -3.64. The molecule has 2 aromatic rings. The number of carbonyl (C=O) groups is 3. The maximum absolute atomic E-state index is 12.8. The summed E-state index contributed by atoms with van der Waals surface area (Å²) in [5.41, 5.74) is 0.721. The minimum absolute atomic E-state index is 0.0208. The molecule has 2 heterocycles. The van der Waals surface area contributed by atoms with Crippen molar-refractivity contribution in [3.8, 4) is 0 Å². The van der Waals surface area contributed by atoms with Gasteiger partial charge in [0.25, 0.3) is 0 Å². The van der Waals surface area contributed by atoms with Crippen LogP contribution in [-0.2, 0) is 30.8 Å². The van der Waals surface area contributed by atoms with Crippen LogP contribution in [0.15, 0.2) is 57.2 Å². The SMILES string of the molecule is CCOC(=O)C1=C(COC(=O)c2cc(S(=O)(=O)NCc3ccco3)ccc2C)NC(=O)NC1C. The van der Waals surface area contributed by atoms with Crippen LogP contribution >= 0.6 is 0 Å². The fourth-order valence-electron chi connectivity index (χ4n) is 3.26. The summed E-state index contributed by atoms with van der Waals surface area (Å²) in [5, 5.41) is 5.00. The number of urea groups is 1. The molecule has 12 heteroatoms. The minimum atomic E-state index is -3.94. The van der Waals surface area contributed by atoms with Crippen molar-refractivity contribution >= 4 is 28.0 Å². The van der Waals surface area contributed by atoms with Crippen molar-refractivity contribution in [3.05, 3.63) is 64.8 Å². The van der Waals surface area contributed by atoms with Gasteiger partial charge in [0.2, 0.25) is 10.0 Å². The van der Waals surface area contributed by atoms with E-state index >= 15 is 0 Å². The van der Waals surface area contributed by atoms with E-state index in [-0.39, 0.29) is 34.9 Å². The number of esters is 2. The van der Waals surface area contributed by atoms with E-state index in [4.69, 9.17) is 13.9 Å². The molecule has 1 aromatic carbocycles. The van der Waals surface area contributed by atoms with E-state index in [0.29, 0.717) is 11.3 Å². The molecule has 0 radical (unpaired) electrons. The summed E-state index contributed by atoms with van der Waals surface area (Å²) in [6, 6.07) is 6.10. The van der Waals surface area contributed by atoms with Crippen LogP contribution in [0, 0.1) is 6.92 Å². The van der Waals surface area contributed by atoms with Gasteiger partial charge in [-0.3, -0.25) is 0 Å².